The number of benzene rings is 2. The number of aryl methyl sites for hydroxylation is 3. The van der Waals surface area contributed by atoms with Crippen molar-refractivity contribution >= 4 is 11.9 Å². The number of hydrogen-bond donors (Lipinski definition) is 2. The first-order valence-electron chi connectivity index (χ1n) is 9.63. The number of hydrogen-bond acceptors (Lipinski definition) is 2. The molecule has 0 heterocycles. The van der Waals surface area contributed by atoms with E-state index in [1.165, 1.54) is 24.0 Å². The number of amides is 1. The summed E-state index contributed by atoms with van der Waals surface area (Å²) >= 11 is 0. The summed E-state index contributed by atoms with van der Waals surface area (Å²) in [5.74, 6) is -1.78. The molecule has 1 amide bonds. The smallest absolute Gasteiger partial charge is 0.308 e. The first kappa shape index (κ1) is 19.2. The molecule has 0 aliphatic heterocycles. The molecule has 4 heteroatoms. The standard InChI is InChI=1S/C23H27NO3/c1-15-7-10-19(11-8-15)22(16(2)23(26)27)24-21(25)14-17-9-12-18-5-3-4-6-20(18)13-17/h7-13,16,22H,3-6,14H2,1-2H3,(H,24,25)(H,26,27)/t16-,22+/m1/s1. The Balaban J connectivity index is 1.74. The Hall–Kier alpha value is -2.62. The van der Waals surface area contributed by atoms with Crippen LogP contribution < -0.4 is 5.32 Å². The highest BCUT2D eigenvalue weighted by atomic mass is 16.4. The molecule has 27 heavy (non-hydrogen) atoms. The molecule has 142 valence electrons. The van der Waals surface area contributed by atoms with Gasteiger partial charge in [0, 0.05) is 0 Å². The Morgan fingerprint density at radius 2 is 1.70 bits per heavy atom. The number of carbonyl (C=O) groups is 2. The van der Waals surface area contributed by atoms with Crippen LogP contribution >= 0.6 is 0 Å². The number of nitrogens with one attached hydrogen (secondary N) is 1. The molecule has 2 N–H and O–H groups in total. The van der Waals surface area contributed by atoms with E-state index in [9.17, 15) is 14.7 Å². The Kier molecular flexibility index (Phi) is 5.94. The second kappa shape index (κ2) is 8.38. The van der Waals surface area contributed by atoms with E-state index in [1.54, 1.807) is 6.92 Å². The molecule has 2 aromatic rings. The summed E-state index contributed by atoms with van der Waals surface area (Å²) < 4.78 is 0. The molecule has 0 spiro atoms. The van der Waals surface area contributed by atoms with Crippen LogP contribution in [-0.2, 0) is 28.9 Å². The molecule has 0 saturated heterocycles. The quantitative estimate of drug-likeness (QED) is 0.813. The molecule has 0 unspecified atom stereocenters. The second-order valence-corrected chi connectivity index (χ2v) is 7.57. The van der Waals surface area contributed by atoms with E-state index in [0.29, 0.717) is 0 Å². The Morgan fingerprint density at radius 1 is 1.04 bits per heavy atom. The maximum absolute atomic E-state index is 12.7. The van der Waals surface area contributed by atoms with Crippen LogP contribution in [0.2, 0.25) is 0 Å². The van der Waals surface area contributed by atoms with E-state index >= 15 is 0 Å². The number of carboxylic acids is 1. The molecule has 2 aromatic carbocycles. The zero-order chi connectivity index (χ0) is 19.4. The van der Waals surface area contributed by atoms with Gasteiger partial charge < -0.3 is 10.4 Å². The Labute approximate surface area is 160 Å². The average molecular weight is 365 g/mol. The summed E-state index contributed by atoms with van der Waals surface area (Å²) in [6, 6.07) is 13.4. The van der Waals surface area contributed by atoms with Crippen molar-refractivity contribution in [1.82, 2.24) is 5.32 Å². The zero-order valence-corrected chi connectivity index (χ0v) is 16.0. The van der Waals surface area contributed by atoms with Gasteiger partial charge in [0.25, 0.3) is 0 Å². The topological polar surface area (TPSA) is 66.4 Å². The third kappa shape index (κ3) is 4.76. The van der Waals surface area contributed by atoms with Gasteiger partial charge in [0.1, 0.15) is 0 Å². The van der Waals surface area contributed by atoms with Gasteiger partial charge in [0.15, 0.2) is 0 Å². The van der Waals surface area contributed by atoms with E-state index in [4.69, 9.17) is 0 Å². The van der Waals surface area contributed by atoms with Gasteiger partial charge in [-0.15, -0.1) is 0 Å². The van der Waals surface area contributed by atoms with Crippen LogP contribution in [0.25, 0.3) is 0 Å². The zero-order valence-electron chi connectivity index (χ0n) is 16.0. The van der Waals surface area contributed by atoms with Crippen LogP contribution in [0.4, 0.5) is 0 Å². The lowest BCUT2D eigenvalue weighted by Crippen LogP contribution is -2.36. The normalized spacial score (nSPS) is 15.5. The molecule has 1 aliphatic rings. The van der Waals surface area contributed by atoms with E-state index in [1.807, 2.05) is 37.3 Å². The van der Waals surface area contributed by atoms with Gasteiger partial charge in [-0.05, 0) is 61.8 Å². The van der Waals surface area contributed by atoms with Gasteiger partial charge in [-0.25, -0.2) is 0 Å². The van der Waals surface area contributed by atoms with Crippen molar-refractivity contribution < 1.29 is 14.7 Å². The number of carbonyl (C=O) groups excluding carboxylic acids is 1. The summed E-state index contributed by atoms with van der Waals surface area (Å²) in [6.45, 7) is 3.61. The fraction of sp³-hybridized carbons (Fsp3) is 0.391. The third-order valence-corrected chi connectivity index (χ3v) is 5.42. The van der Waals surface area contributed by atoms with Crippen LogP contribution in [-0.4, -0.2) is 17.0 Å². The van der Waals surface area contributed by atoms with Gasteiger partial charge in [-0.1, -0.05) is 48.0 Å². The monoisotopic (exact) mass is 365 g/mol. The molecule has 0 radical (unpaired) electrons. The van der Waals surface area contributed by atoms with E-state index < -0.39 is 17.9 Å². The number of aliphatic carboxylic acids is 1. The lowest BCUT2D eigenvalue weighted by molar-refractivity contribution is -0.142. The highest BCUT2D eigenvalue weighted by molar-refractivity contribution is 5.80. The van der Waals surface area contributed by atoms with Crippen LogP contribution in [0.1, 0.15) is 53.6 Å². The van der Waals surface area contributed by atoms with Crippen molar-refractivity contribution in [3.63, 3.8) is 0 Å². The summed E-state index contributed by atoms with van der Waals surface area (Å²) in [4.78, 5) is 24.2. The summed E-state index contributed by atoms with van der Waals surface area (Å²) in [5, 5.41) is 12.4. The molecule has 2 atom stereocenters. The summed E-state index contributed by atoms with van der Waals surface area (Å²) in [6.07, 6.45) is 4.90. The van der Waals surface area contributed by atoms with Gasteiger partial charge in [0.2, 0.25) is 5.91 Å². The third-order valence-electron chi connectivity index (χ3n) is 5.42. The lowest BCUT2D eigenvalue weighted by Gasteiger charge is -2.23. The summed E-state index contributed by atoms with van der Waals surface area (Å²) in [7, 11) is 0. The minimum Gasteiger partial charge on any atom is -0.481 e. The molecule has 3 rings (SSSR count). The van der Waals surface area contributed by atoms with Crippen LogP contribution in [0.3, 0.4) is 0 Å². The first-order valence-corrected chi connectivity index (χ1v) is 9.63. The highest BCUT2D eigenvalue weighted by Crippen LogP contribution is 2.24. The average Bonchev–Trinajstić information content (AvgIpc) is 2.66. The van der Waals surface area contributed by atoms with Gasteiger partial charge >= 0.3 is 5.97 Å². The maximum Gasteiger partial charge on any atom is 0.308 e. The van der Waals surface area contributed by atoms with E-state index in [0.717, 1.165) is 29.5 Å². The minimum atomic E-state index is -0.922. The molecule has 0 saturated carbocycles. The van der Waals surface area contributed by atoms with Crippen molar-refractivity contribution in [2.24, 2.45) is 5.92 Å². The predicted octanol–water partition coefficient (Wildman–Crippen LogP) is 3.99. The van der Waals surface area contributed by atoms with Crippen molar-refractivity contribution in [3.05, 3.63) is 70.3 Å². The molecule has 4 nitrogen and oxygen atoms in total. The second-order valence-electron chi connectivity index (χ2n) is 7.57. The molecule has 0 fully saturated rings. The van der Waals surface area contributed by atoms with Crippen molar-refractivity contribution in [2.45, 2.75) is 52.0 Å². The SMILES string of the molecule is Cc1ccc([C@@H](NC(=O)Cc2ccc3c(c2)CCCC3)[C@@H](C)C(=O)O)cc1. The molecule has 0 aromatic heterocycles. The van der Waals surface area contributed by atoms with Crippen LogP contribution in [0.15, 0.2) is 42.5 Å². The van der Waals surface area contributed by atoms with E-state index in [-0.39, 0.29) is 12.3 Å². The highest BCUT2D eigenvalue weighted by Gasteiger charge is 2.27. The van der Waals surface area contributed by atoms with Gasteiger partial charge in [-0.2, -0.15) is 0 Å². The number of fused-ring (bicyclic) bond motifs is 1. The van der Waals surface area contributed by atoms with Gasteiger partial charge in [0.05, 0.1) is 18.4 Å². The fourth-order valence-electron chi connectivity index (χ4n) is 3.72. The Morgan fingerprint density at radius 3 is 2.37 bits per heavy atom. The largest absolute Gasteiger partial charge is 0.481 e. The van der Waals surface area contributed by atoms with Crippen molar-refractivity contribution in [1.29, 1.82) is 0 Å². The molecular formula is C23H27NO3. The fourth-order valence-corrected chi connectivity index (χ4v) is 3.72. The minimum absolute atomic E-state index is 0.149. The van der Waals surface area contributed by atoms with Crippen LogP contribution in [0.5, 0.6) is 0 Å². The first-order chi connectivity index (χ1) is 12.9. The van der Waals surface area contributed by atoms with E-state index in [2.05, 4.69) is 17.4 Å². The Bertz CT molecular complexity index is 826. The van der Waals surface area contributed by atoms with Crippen molar-refractivity contribution in [2.75, 3.05) is 0 Å². The van der Waals surface area contributed by atoms with Crippen LogP contribution in [0, 0.1) is 12.8 Å². The van der Waals surface area contributed by atoms with Gasteiger partial charge in [-0.3, -0.25) is 9.59 Å². The predicted molar refractivity (Wildman–Crippen MR) is 106 cm³/mol. The molecular weight excluding hydrogens is 338 g/mol. The maximum atomic E-state index is 12.7. The summed E-state index contributed by atoms with van der Waals surface area (Å²) in [5.41, 5.74) is 5.64. The molecule has 0 bridgehead atoms. The number of carboxylic acid groups (broad SMARTS) is 1. The van der Waals surface area contributed by atoms with Crippen molar-refractivity contribution in [3.8, 4) is 0 Å². The molecule has 1 aliphatic carbocycles. The lowest BCUT2D eigenvalue weighted by atomic mass is 9.89. The number of rotatable bonds is 6.